The third-order valence-electron chi connectivity index (χ3n) is 1.91. The topological polar surface area (TPSA) is 80.9 Å². The third-order valence-corrected chi connectivity index (χ3v) is 1.91. The monoisotopic (exact) mass is 154 g/mol. The van der Waals surface area contributed by atoms with Gasteiger partial charge in [0.1, 0.15) is 6.33 Å². The maximum atomic E-state index is 10.7. The van der Waals surface area contributed by atoms with Gasteiger partial charge in [-0.1, -0.05) is 0 Å². The van der Waals surface area contributed by atoms with Crippen molar-refractivity contribution in [1.29, 1.82) is 0 Å². The summed E-state index contributed by atoms with van der Waals surface area (Å²) in [5.74, 6) is -0.857. The van der Waals surface area contributed by atoms with Gasteiger partial charge < -0.3 is 5.11 Å². The summed E-state index contributed by atoms with van der Waals surface area (Å²) >= 11 is 0. The summed E-state index contributed by atoms with van der Waals surface area (Å²) in [5, 5.41) is 19.1. The summed E-state index contributed by atoms with van der Waals surface area (Å²) in [6.07, 6.45) is 2.57. The predicted octanol–water partition coefficient (Wildman–Crippen LogP) is -0.753. The van der Waals surface area contributed by atoms with Crippen molar-refractivity contribution < 1.29 is 9.90 Å². The Morgan fingerprint density at radius 2 is 2.36 bits per heavy atom. The first-order valence-electron chi connectivity index (χ1n) is 3.22. The number of aliphatic carboxylic acids is 1. The highest BCUT2D eigenvalue weighted by atomic mass is 16.4. The first kappa shape index (κ1) is 6.26. The zero-order chi connectivity index (χ0) is 7.90. The standard InChI is InChI=1S/C5H6N4O2/c10-4(11)5(1-2-5)9-3-6-7-8-9/h3H,1-2H2,(H,10,11). The second-order valence-electron chi connectivity index (χ2n) is 2.59. The van der Waals surface area contributed by atoms with E-state index in [1.54, 1.807) is 0 Å². The Bertz CT molecular complexity index is 277. The first-order chi connectivity index (χ1) is 5.26. The van der Waals surface area contributed by atoms with Gasteiger partial charge in [0.25, 0.3) is 0 Å². The molecule has 6 nitrogen and oxygen atoms in total. The second-order valence-corrected chi connectivity index (χ2v) is 2.59. The van der Waals surface area contributed by atoms with Gasteiger partial charge in [-0.2, -0.15) is 0 Å². The summed E-state index contributed by atoms with van der Waals surface area (Å²) in [6.45, 7) is 0. The average Bonchev–Trinajstić information content (AvgIpc) is 2.61. The number of nitrogens with zero attached hydrogens (tertiary/aromatic N) is 4. The average molecular weight is 154 g/mol. The number of carbonyl (C=O) groups is 1. The number of aromatic nitrogens is 4. The van der Waals surface area contributed by atoms with Crippen molar-refractivity contribution in [2.24, 2.45) is 0 Å². The first-order valence-corrected chi connectivity index (χ1v) is 3.22. The van der Waals surface area contributed by atoms with Crippen molar-refractivity contribution in [3.63, 3.8) is 0 Å². The Balaban J connectivity index is 2.36. The van der Waals surface area contributed by atoms with Crippen LogP contribution in [0.4, 0.5) is 0 Å². The van der Waals surface area contributed by atoms with Gasteiger partial charge in [0, 0.05) is 0 Å². The van der Waals surface area contributed by atoms with Crippen LogP contribution in [0.5, 0.6) is 0 Å². The molecule has 0 unspecified atom stereocenters. The fraction of sp³-hybridized carbons (Fsp3) is 0.600. The van der Waals surface area contributed by atoms with E-state index in [4.69, 9.17) is 5.11 Å². The molecule has 58 valence electrons. The van der Waals surface area contributed by atoms with Gasteiger partial charge >= 0.3 is 5.97 Å². The minimum absolute atomic E-state index is 0.618. The van der Waals surface area contributed by atoms with Crippen LogP contribution in [0.15, 0.2) is 6.33 Å². The van der Waals surface area contributed by atoms with Gasteiger partial charge in [-0.3, -0.25) is 0 Å². The smallest absolute Gasteiger partial charge is 0.331 e. The number of hydrogen-bond acceptors (Lipinski definition) is 4. The summed E-state index contributed by atoms with van der Waals surface area (Å²) in [6, 6.07) is 0. The van der Waals surface area contributed by atoms with Gasteiger partial charge in [-0.25, -0.2) is 9.48 Å². The highest BCUT2D eigenvalue weighted by Crippen LogP contribution is 2.42. The number of carboxylic acid groups (broad SMARTS) is 1. The molecule has 6 heteroatoms. The van der Waals surface area contributed by atoms with Gasteiger partial charge in [0.05, 0.1) is 0 Å². The Morgan fingerprint density at radius 1 is 1.64 bits per heavy atom. The van der Waals surface area contributed by atoms with E-state index in [-0.39, 0.29) is 0 Å². The SMILES string of the molecule is O=C(O)C1(n2cnnn2)CC1. The fourth-order valence-electron chi connectivity index (χ4n) is 1.02. The van der Waals surface area contributed by atoms with E-state index < -0.39 is 11.5 Å². The molecule has 0 aliphatic heterocycles. The number of tetrazole rings is 1. The Morgan fingerprint density at radius 3 is 2.73 bits per heavy atom. The molecule has 1 aromatic rings. The van der Waals surface area contributed by atoms with Gasteiger partial charge in [-0.15, -0.1) is 5.10 Å². The molecule has 0 radical (unpaired) electrons. The van der Waals surface area contributed by atoms with Gasteiger partial charge in [-0.05, 0) is 23.3 Å². The predicted molar refractivity (Wildman–Crippen MR) is 32.7 cm³/mol. The molecule has 1 saturated carbocycles. The van der Waals surface area contributed by atoms with Crippen LogP contribution in [0.3, 0.4) is 0 Å². The third kappa shape index (κ3) is 0.719. The Kier molecular flexibility index (Phi) is 1.01. The molecule has 1 aromatic heterocycles. The maximum absolute atomic E-state index is 10.7. The molecule has 0 aromatic carbocycles. The molecule has 1 fully saturated rings. The van der Waals surface area contributed by atoms with E-state index in [1.807, 2.05) is 0 Å². The van der Waals surface area contributed by atoms with E-state index >= 15 is 0 Å². The molecule has 2 rings (SSSR count). The molecule has 11 heavy (non-hydrogen) atoms. The van der Waals surface area contributed by atoms with E-state index in [1.165, 1.54) is 11.0 Å². The van der Waals surface area contributed by atoms with Crippen molar-refractivity contribution in [2.45, 2.75) is 18.4 Å². The second kappa shape index (κ2) is 1.77. The van der Waals surface area contributed by atoms with Crippen molar-refractivity contribution >= 4 is 5.97 Å². The minimum atomic E-state index is -0.857. The van der Waals surface area contributed by atoms with E-state index in [0.29, 0.717) is 12.8 Å². The molecule has 0 amide bonds. The summed E-state index contributed by atoms with van der Waals surface area (Å²) < 4.78 is 1.30. The lowest BCUT2D eigenvalue weighted by Gasteiger charge is -2.06. The Hall–Kier alpha value is -1.46. The van der Waals surface area contributed by atoms with Crippen molar-refractivity contribution in [1.82, 2.24) is 20.2 Å². The number of hydrogen-bond donors (Lipinski definition) is 1. The molecule has 0 saturated heterocycles. The molecule has 1 aliphatic rings. The van der Waals surface area contributed by atoms with Crippen LogP contribution in [0, 0.1) is 0 Å². The molecular formula is C5H6N4O2. The number of carboxylic acids is 1. The lowest BCUT2D eigenvalue weighted by atomic mass is 10.3. The highest BCUT2D eigenvalue weighted by Gasteiger charge is 2.53. The van der Waals surface area contributed by atoms with Crippen LogP contribution in [0.1, 0.15) is 12.8 Å². The van der Waals surface area contributed by atoms with Crippen LogP contribution in [0.2, 0.25) is 0 Å². The lowest BCUT2D eigenvalue weighted by molar-refractivity contribution is -0.142. The lowest BCUT2D eigenvalue weighted by Crippen LogP contribution is -2.27. The molecular weight excluding hydrogens is 148 g/mol. The quantitative estimate of drug-likeness (QED) is 0.606. The van der Waals surface area contributed by atoms with Crippen LogP contribution >= 0.6 is 0 Å². The molecule has 0 bridgehead atoms. The van der Waals surface area contributed by atoms with Crippen molar-refractivity contribution in [3.05, 3.63) is 6.33 Å². The van der Waals surface area contributed by atoms with E-state index in [0.717, 1.165) is 0 Å². The molecule has 0 spiro atoms. The Labute approximate surface area is 61.8 Å². The van der Waals surface area contributed by atoms with Gasteiger partial charge in [0.15, 0.2) is 5.54 Å². The van der Waals surface area contributed by atoms with Crippen LogP contribution < -0.4 is 0 Å². The van der Waals surface area contributed by atoms with Crippen molar-refractivity contribution in [3.8, 4) is 0 Å². The molecule has 1 aliphatic carbocycles. The maximum Gasteiger partial charge on any atom is 0.331 e. The van der Waals surface area contributed by atoms with Crippen LogP contribution in [-0.2, 0) is 10.3 Å². The van der Waals surface area contributed by atoms with Crippen LogP contribution in [-0.4, -0.2) is 31.3 Å². The summed E-state index contributed by atoms with van der Waals surface area (Å²) in [5.41, 5.74) is -0.830. The van der Waals surface area contributed by atoms with Gasteiger partial charge in [0.2, 0.25) is 0 Å². The normalized spacial score (nSPS) is 19.6. The largest absolute Gasteiger partial charge is 0.479 e. The van der Waals surface area contributed by atoms with E-state index in [2.05, 4.69) is 15.5 Å². The summed E-state index contributed by atoms with van der Waals surface area (Å²) in [7, 11) is 0. The zero-order valence-corrected chi connectivity index (χ0v) is 5.64. The molecule has 0 atom stereocenters. The fourth-order valence-corrected chi connectivity index (χ4v) is 1.02. The van der Waals surface area contributed by atoms with Crippen molar-refractivity contribution in [2.75, 3.05) is 0 Å². The summed E-state index contributed by atoms with van der Waals surface area (Å²) in [4.78, 5) is 10.7. The molecule has 1 N–H and O–H groups in total. The minimum Gasteiger partial charge on any atom is -0.479 e. The number of rotatable bonds is 2. The van der Waals surface area contributed by atoms with E-state index in [9.17, 15) is 4.79 Å². The zero-order valence-electron chi connectivity index (χ0n) is 5.64. The van der Waals surface area contributed by atoms with Crippen LogP contribution in [0.25, 0.3) is 0 Å². The highest BCUT2D eigenvalue weighted by molar-refractivity contribution is 5.79. The molecule has 1 heterocycles.